The predicted octanol–water partition coefficient (Wildman–Crippen LogP) is 3.57. The van der Waals surface area contributed by atoms with E-state index in [0.717, 1.165) is 12.1 Å². The van der Waals surface area contributed by atoms with Crippen LogP contribution in [0.2, 0.25) is 0 Å². The molecular weight excluding hydrogens is 263 g/mol. The summed E-state index contributed by atoms with van der Waals surface area (Å²) in [6, 6.07) is 13.3. The van der Waals surface area contributed by atoms with Gasteiger partial charge in [-0.25, -0.2) is 4.39 Å². The van der Waals surface area contributed by atoms with E-state index in [-0.39, 0.29) is 11.9 Å². The van der Waals surface area contributed by atoms with E-state index in [1.165, 1.54) is 28.8 Å². The number of nitrogens with two attached hydrogens (primary N) is 1. The van der Waals surface area contributed by atoms with Crippen LogP contribution in [-0.2, 0) is 6.54 Å². The van der Waals surface area contributed by atoms with Gasteiger partial charge in [-0.2, -0.15) is 0 Å². The van der Waals surface area contributed by atoms with E-state index >= 15 is 0 Å². The first kappa shape index (κ1) is 15.7. The Labute approximate surface area is 126 Å². The quantitative estimate of drug-likeness (QED) is 0.910. The van der Waals surface area contributed by atoms with Crippen molar-refractivity contribution in [3.05, 3.63) is 70.5 Å². The molecule has 0 fully saturated rings. The third kappa shape index (κ3) is 3.90. The molecule has 1 atom stereocenters. The minimum Gasteiger partial charge on any atom is -0.329 e. The topological polar surface area (TPSA) is 29.3 Å². The number of benzene rings is 2. The van der Waals surface area contributed by atoms with Crippen LogP contribution in [0.15, 0.2) is 42.5 Å². The maximum atomic E-state index is 13.0. The van der Waals surface area contributed by atoms with Gasteiger partial charge in [0, 0.05) is 19.1 Å². The molecule has 2 N–H and O–H groups in total. The molecule has 0 aliphatic carbocycles. The Balaban J connectivity index is 2.20. The van der Waals surface area contributed by atoms with Crippen molar-refractivity contribution < 1.29 is 4.39 Å². The summed E-state index contributed by atoms with van der Waals surface area (Å²) in [5.41, 5.74) is 10.8. The molecule has 3 heteroatoms. The fraction of sp³-hybridized carbons (Fsp3) is 0.333. The zero-order valence-corrected chi connectivity index (χ0v) is 12.9. The third-order valence-electron chi connectivity index (χ3n) is 3.89. The number of rotatable bonds is 5. The molecular formula is C18H23FN2. The molecule has 2 aromatic carbocycles. The Hall–Kier alpha value is -1.71. The molecule has 2 rings (SSSR count). The van der Waals surface area contributed by atoms with Crippen LogP contribution in [0.3, 0.4) is 0 Å². The van der Waals surface area contributed by atoms with Gasteiger partial charge in [-0.15, -0.1) is 0 Å². The molecule has 0 spiro atoms. The summed E-state index contributed by atoms with van der Waals surface area (Å²) in [6.45, 7) is 5.51. The second-order valence-corrected chi connectivity index (χ2v) is 5.65. The third-order valence-corrected chi connectivity index (χ3v) is 3.89. The van der Waals surface area contributed by atoms with Crippen molar-refractivity contribution in [3.63, 3.8) is 0 Å². The highest BCUT2D eigenvalue weighted by atomic mass is 19.1. The minimum absolute atomic E-state index is 0.162. The Bertz CT molecular complexity index is 593. The zero-order chi connectivity index (χ0) is 15.4. The molecule has 0 aromatic heterocycles. The van der Waals surface area contributed by atoms with Crippen LogP contribution in [0.4, 0.5) is 4.39 Å². The summed E-state index contributed by atoms with van der Waals surface area (Å²) in [6.07, 6.45) is 0. The molecule has 0 bridgehead atoms. The van der Waals surface area contributed by atoms with Gasteiger partial charge in [0.05, 0.1) is 0 Å². The first-order valence-electron chi connectivity index (χ1n) is 7.23. The fourth-order valence-corrected chi connectivity index (χ4v) is 2.65. The maximum Gasteiger partial charge on any atom is 0.123 e. The van der Waals surface area contributed by atoms with E-state index in [4.69, 9.17) is 5.73 Å². The number of likely N-dealkylation sites (N-methyl/N-ethyl adjacent to an activating group) is 1. The van der Waals surface area contributed by atoms with Gasteiger partial charge < -0.3 is 5.73 Å². The Morgan fingerprint density at radius 2 is 1.76 bits per heavy atom. The van der Waals surface area contributed by atoms with Crippen LogP contribution in [0.1, 0.15) is 28.3 Å². The van der Waals surface area contributed by atoms with Crippen molar-refractivity contribution in [2.45, 2.75) is 26.4 Å². The summed E-state index contributed by atoms with van der Waals surface area (Å²) in [5.74, 6) is -0.202. The van der Waals surface area contributed by atoms with Gasteiger partial charge in [-0.1, -0.05) is 35.9 Å². The van der Waals surface area contributed by atoms with Crippen LogP contribution >= 0.6 is 0 Å². The van der Waals surface area contributed by atoms with Crippen LogP contribution in [0, 0.1) is 19.7 Å². The molecule has 0 saturated carbocycles. The normalized spacial score (nSPS) is 12.7. The van der Waals surface area contributed by atoms with Crippen molar-refractivity contribution in [2.75, 3.05) is 13.6 Å². The molecule has 21 heavy (non-hydrogen) atoms. The molecule has 1 unspecified atom stereocenters. The summed E-state index contributed by atoms with van der Waals surface area (Å²) in [5, 5.41) is 0. The van der Waals surface area contributed by atoms with Gasteiger partial charge in [0.15, 0.2) is 0 Å². The lowest BCUT2D eigenvalue weighted by atomic mass is 9.97. The second kappa shape index (κ2) is 6.83. The first-order valence-corrected chi connectivity index (χ1v) is 7.23. The van der Waals surface area contributed by atoms with E-state index in [9.17, 15) is 4.39 Å². The molecule has 0 saturated heterocycles. The molecule has 0 heterocycles. The summed E-state index contributed by atoms with van der Waals surface area (Å²) >= 11 is 0. The van der Waals surface area contributed by atoms with Crippen LogP contribution in [-0.4, -0.2) is 18.5 Å². The van der Waals surface area contributed by atoms with Gasteiger partial charge in [-0.05, 0) is 49.7 Å². The zero-order valence-electron chi connectivity index (χ0n) is 12.9. The SMILES string of the molecule is Cc1ccc(C)c(C(CN)N(C)Cc2ccc(F)cc2)c1. The maximum absolute atomic E-state index is 13.0. The summed E-state index contributed by atoms with van der Waals surface area (Å²) < 4.78 is 13.0. The van der Waals surface area contributed by atoms with E-state index < -0.39 is 0 Å². The van der Waals surface area contributed by atoms with Crippen molar-refractivity contribution in [1.82, 2.24) is 4.90 Å². The van der Waals surface area contributed by atoms with Gasteiger partial charge in [0.1, 0.15) is 5.82 Å². The van der Waals surface area contributed by atoms with E-state index in [1.54, 1.807) is 0 Å². The van der Waals surface area contributed by atoms with Crippen LogP contribution in [0.5, 0.6) is 0 Å². The van der Waals surface area contributed by atoms with Crippen LogP contribution in [0.25, 0.3) is 0 Å². The second-order valence-electron chi connectivity index (χ2n) is 5.65. The number of aryl methyl sites for hydroxylation is 2. The lowest BCUT2D eigenvalue weighted by Gasteiger charge is -2.29. The average molecular weight is 286 g/mol. The lowest BCUT2D eigenvalue weighted by Crippen LogP contribution is -2.30. The smallest absolute Gasteiger partial charge is 0.123 e. The monoisotopic (exact) mass is 286 g/mol. The highest BCUT2D eigenvalue weighted by Gasteiger charge is 2.17. The lowest BCUT2D eigenvalue weighted by molar-refractivity contribution is 0.241. The van der Waals surface area contributed by atoms with Gasteiger partial charge in [0.25, 0.3) is 0 Å². The number of halogens is 1. The van der Waals surface area contributed by atoms with E-state index in [2.05, 4.69) is 44.0 Å². The first-order chi connectivity index (χ1) is 10.0. The van der Waals surface area contributed by atoms with Crippen molar-refractivity contribution in [2.24, 2.45) is 5.73 Å². The van der Waals surface area contributed by atoms with E-state index in [1.807, 2.05) is 12.1 Å². The van der Waals surface area contributed by atoms with Gasteiger partial charge in [0.2, 0.25) is 0 Å². The Morgan fingerprint density at radius 3 is 2.38 bits per heavy atom. The molecule has 0 radical (unpaired) electrons. The minimum atomic E-state index is -0.202. The average Bonchev–Trinajstić information content (AvgIpc) is 2.46. The van der Waals surface area contributed by atoms with Gasteiger partial charge >= 0.3 is 0 Å². The number of nitrogens with zero attached hydrogens (tertiary/aromatic N) is 1. The molecule has 0 aliphatic heterocycles. The predicted molar refractivity (Wildman–Crippen MR) is 85.6 cm³/mol. The highest BCUT2D eigenvalue weighted by Crippen LogP contribution is 2.24. The highest BCUT2D eigenvalue weighted by molar-refractivity contribution is 5.33. The molecule has 112 valence electrons. The van der Waals surface area contributed by atoms with Gasteiger partial charge in [-0.3, -0.25) is 4.90 Å². The van der Waals surface area contributed by atoms with Crippen molar-refractivity contribution in [3.8, 4) is 0 Å². The Kier molecular flexibility index (Phi) is 5.10. The largest absolute Gasteiger partial charge is 0.329 e. The number of hydrogen-bond acceptors (Lipinski definition) is 2. The number of hydrogen-bond donors (Lipinski definition) is 1. The van der Waals surface area contributed by atoms with Crippen LogP contribution < -0.4 is 5.73 Å². The molecule has 2 nitrogen and oxygen atoms in total. The molecule has 2 aromatic rings. The van der Waals surface area contributed by atoms with E-state index in [0.29, 0.717) is 6.54 Å². The van der Waals surface area contributed by atoms with Crippen molar-refractivity contribution in [1.29, 1.82) is 0 Å². The summed E-state index contributed by atoms with van der Waals surface area (Å²) in [7, 11) is 2.06. The van der Waals surface area contributed by atoms with Crippen molar-refractivity contribution >= 4 is 0 Å². The standard InChI is InChI=1S/C18H23FN2/c1-13-4-5-14(2)17(10-13)18(11-20)21(3)12-15-6-8-16(19)9-7-15/h4-10,18H,11-12,20H2,1-3H3. The molecule has 0 amide bonds. The Morgan fingerprint density at radius 1 is 1.10 bits per heavy atom. The summed E-state index contributed by atoms with van der Waals surface area (Å²) in [4.78, 5) is 2.22. The molecule has 0 aliphatic rings. The fourth-order valence-electron chi connectivity index (χ4n) is 2.65.